The van der Waals surface area contributed by atoms with Crippen LogP contribution >= 0.6 is 0 Å². The van der Waals surface area contributed by atoms with Crippen LogP contribution < -0.4 is 9.47 Å². The molecule has 6 rings (SSSR count). The Morgan fingerprint density at radius 3 is 1.96 bits per heavy atom. The Labute approximate surface area is 273 Å². The van der Waals surface area contributed by atoms with E-state index in [0.717, 1.165) is 40.3 Å². The Morgan fingerprint density at radius 2 is 1.23 bits per heavy atom. The lowest BCUT2D eigenvalue weighted by Crippen LogP contribution is -1.98. The van der Waals surface area contributed by atoms with Crippen molar-refractivity contribution in [1.29, 1.82) is 0 Å². The number of halogens is 3. The van der Waals surface area contributed by atoms with Gasteiger partial charge in [0.15, 0.2) is 0 Å². The molecule has 0 N–H and O–H groups in total. The van der Waals surface area contributed by atoms with Crippen molar-refractivity contribution in [3.63, 3.8) is 0 Å². The Morgan fingerprint density at radius 1 is 0.596 bits per heavy atom. The molecule has 0 saturated heterocycles. The molecule has 5 heteroatoms. The zero-order valence-corrected chi connectivity index (χ0v) is 26.5. The molecule has 0 heterocycles. The second-order valence-corrected chi connectivity index (χ2v) is 11.5. The molecule has 0 unspecified atom stereocenters. The van der Waals surface area contributed by atoms with Gasteiger partial charge in [0.05, 0.1) is 13.7 Å². The predicted molar refractivity (Wildman–Crippen MR) is 184 cm³/mol. The van der Waals surface area contributed by atoms with E-state index in [1.807, 2.05) is 25.1 Å². The predicted octanol–water partition coefficient (Wildman–Crippen LogP) is 11.2. The summed E-state index contributed by atoms with van der Waals surface area (Å²) in [7, 11) is 1.44. The molecule has 0 bridgehead atoms. The van der Waals surface area contributed by atoms with E-state index in [1.54, 1.807) is 18.2 Å². The zero-order valence-electron chi connectivity index (χ0n) is 26.5. The van der Waals surface area contributed by atoms with Crippen LogP contribution in [0.2, 0.25) is 0 Å². The summed E-state index contributed by atoms with van der Waals surface area (Å²) in [5, 5.41) is 2.10. The molecular formula is C42H33F3O2. The average Bonchev–Trinajstić information content (AvgIpc) is 3.08. The van der Waals surface area contributed by atoms with Crippen LogP contribution in [-0.4, -0.2) is 13.7 Å². The van der Waals surface area contributed by atoms with Crippen molar-refractivity contribution in [2.45, 2.75) is 26.7 Å². The number of hydrogen-bond acceptors (Lipinski definition) is 2. The summed E-state index contributed by atoms with van der Waals surface area (Å²) < 4.78 is 56.7. The number of benzene rings is 6. The second kappa shape index (κ2) is 13.9. The molecule has 0 aliphatic rings. The Bertz CT molecular complexity index is 2140. The van der Waals surface area contributed by atoms with Crippen LogP contribution in [0.15, 0.2) is 109 Å². The Hall–Kier alpha value is -5.47. The number of rotatable bonds is 8. The van der Waals surface area contributed by atoms with E-state index >= 15 is 8.78 Å². The minimum atomic E-state index is -0.633. The van der Waals surface area contributed by atoms with Crippen molar-refractivity contribution in [3.05, 3.63) is 143 Å². The van der Waals surface area contributed by atoms with Crippen molar-refractivity contribution in [3.8, 4) is 56.7 Å². The van der Waals surface area contributed by atoms with Gasteiger partial charge in [-0.1, -0.05) is 85.3 Å². The topological polar surface area (TPSA) is 18.5 Å². The largest absolute Gasteiger partial charge is 0.495 e. The van der Waals surface area contributed by atoms with E-state index in [9.17, 15) is 4.39 Å². The normalized spacial score (nSPS) is 10.9. The quantitative estimate of drug-likeness (QED) is 0.124. The van der Waals surface area contributed by atoms with Crippen molar-refractivity contribution in [2.75, 3.05) is 13.7 Å². The highest BCUT2D eigenvalue weighted by molar-refractivity contribution is 5.88. The van der Waals surface area contributed by atoms with Crippen LogP contribution in [0, 0.1) is 36.2 Å². The average molecular weight is 627 g/mol. The highest BCUT2D eigenvalue weighted by atomic mass is 19.1. The molecule has 0 atom stereocenters. The molecule has 0 spiro atoms. The lowest BCUT2D eigenvalue weighted by Gasteiger charge is -2.12. The first-order chi connectivity index (χ1) is 22.8. The number of aryl methyl sites for hydroxylation is 1. The molecule has 6 aromatic rings. The third kappa shape index (κ3) is 7.03. The number of methoxy groups -OCH3 is 1. The minimum Gasteiger partial charge on any atom is -0.495 e. The summed E-state index contributed by atoms with van der Waals surface area (Å²) in [5.41, 5.74) is 5.38. The van der Waals surface area contributed by atoms with E-state index in [1.165, 1.54) is 43.0 Å². The molecule has 47 heavy (non-hydrogen) atoms. The van der Waals surface area contributed by atoms with Gasteiger partial charge in [-0.3, -0.25) is 0 Å². The minimum absolute atomic E-state index is 0.100. The van der Waals surface area contributed by atoms with Crippen LogP contribution in [0.3, 0.4) is 0 Å². The molecule has 0 radical (unpaired) electrons. The first kappa shape index (κ1) is 31.5. The first-order valence-corrected chi connectivity index (χ1v) is 15.6. The summed E-state index contributed by atoms with van der Waals surface area (Å²) in [6.07, 6.45) is 1.82. The monoisotopic (exact) mass is 626 g/mol. The molecular weight excluding hydrogens is 593 g/mol. The van der Waals surface area contributed by atoms with E-state index in [0.29, 0.717) is 23.5 Å². The maximum Gasteiger partial charge on any atom is 0.143 e. The molecule has 2 nitrogen and oxygen atoms in total. The lowest BCUT2D eigenvalue weighted by atomic mass is 9.97. The van der Waals surface area contributed by atoms with Crippen molar-refractivity contribution >= 4 is 10.8 Å². The lowest BCUT2D eigenvalue weighted by molar-refractivity contribution is 0.308. The van der Waals surface area contributed by atoms with E-state index in [-0.39, 0.29) is 22.4 Å². The fraction of sp³-hybridized carbons (Fsp3) is 0.143. The molecule has 0 amide bonds. The van der Waals surface area contributed by atoms with E-state index in [2.05, 4.69) is 61.2 Å². The highest BCUT2D eigenvalue weighted by Gasteiger charge is 2.16. The van der Waals surface area contributed by atoms with Gasteiger partial charge in [-0.25, -0.2) is 13.2 Å². The molecule has 234 valence electrons. The standard InChI is InChI=1S/C42H33F3O2/c1-4-5-20-47-35-16-19-37(41(45)26-35)36-18-15-33(23-39(36)43)34-24-40(44)38(42(25-34)46-3)17-9-28-8-12-32-22-31(14-13-30(32)21-28)29-10-6-27(2)7-11-29/h6-8,10-16,18-19,21-26H,4-5,20H2,1-3H3. The van der Waals surface area contributed by atoms with Gasteiger partial charge in [-0.15, -0.1) is 0 Å². The van der Waals surface area contributed by atoms with Crippen LogP contribution in [0.4, 0.5) is 13.2 Å². The number of ether oxygens (including phenoxy) is 2. The number of hydrogen-bond donors (Lipinski definition) is 0. The van der Waals surface area contributed by atoms with Crippen molar-refractivity contribution in [2.24, 2.45) is 0 Å². The number of fused-ring (bicyclic) bond motifs is 1. The van der Waals surface area contributed by atoms with Gasteiger partial charge in [0.25, 0.3) is 0 Å². The van der Waals surface area contributed by atoms with Crippen LogP contribution in [0.25, 0.3) is 44.2 Å². The summed E-state index contributed by atoms with van der Waals surface area (Å²) in [5.74, 6) is 4.81. The van der Waals surface area contributed by atoms with Gasteiger partial charge < -0.3 is 9.47 Å². The highest BCUT2D eigenvalue weighted by Crippen LogP contribution is 2.34. The maximum atomic E-state index is 15.5. The second-order valence-electron chi connectivity index (χ2n) is 11.5. The molecule has 0 aliphatic carbocycles. The Balaban J connectivity index is 1.24. The summed E-state index contributed by atoms with van der Waals surface area (Å²) in [6, 6.07) is 32.3. The fourth-order valence-electron chi connectivity index (χ4n) is 5.47. The maximum absolute atomic E-state index is 15.5. The van der Waals surface area contributed by atoms with Crippen molar-refractivity contribution in [1.82, 2.24) is 0 Å². The summed E-state index contributed by atoms with van der Waals surface area (Å²) >= 11 is 0. The van der Waals surface area contributed by atoms with Crippen LogP contribution in [0.1, 0.15) is 36.5 Å². The Kier molecular flexibility index (Phi) is 9.31. The van der Waals surface area contributed by atoms with Gasteiger partial charge in [-0.05, 0) is 94.9 Å². The zero-order chi connectivity index (χ0) is 32.9. The smallest absolute Gasteiger partial charge is 0.143 e. The van der Waals surface area contributed by atoms with Crippen LogP contribution in [0.5, 0.6) is 11.5 Å². The summed E-state index contributed by atoms with van der Waals surface area (Å²) in [6.45, 7) is 4.60. The third-order valence-corrected chi connectivity index (χ3v) is 8.13. The van der Waals surface area contributed by atoms with Gasteiger partial charge in [0, 0.05) is 22.8 Å². The number of unbranched alkanes of at least 4 members (excludes halogenated alkanes) is 1. The summed E-state index contributed by atoms with van der Waals surface area (Å²) in [4.78, 5) is 0. The molecule has 0 saturated carbocycles. The van der Waals surface area contributed by atoms with E-state index in [4.69, 9.17) is 9.47 Å². The molecule has 0 aromatic heterocycles. The molecule has 0 aliphatic heterocycles. The fourth-order valence-corrected chi connectivity index (χ4v) is 5.47. The molecule has 0 fully saturated rings. The SMILES string of the molecule is CCCCOc1ccc(-c2ccc(-c3cc(F)c(C#Cc4ccc5cc(-c6ccc(C)cc6)ccc5c4)c(OC)c3)cc2F)c(F)c1. The van der Waals surface area contributed by atoms with Gasteiger partial charge >= 0.3 is 0 Å². The van der Waals surface area contributed by atoms with E-state index < -0.39 is 17.5 Å². The third-order valence-electron chi connectivity index (χ3n) is 8.13. The van der Waals surface area contributed by atoms with Gasteiger partial charge in [0.1, 0.15) is 34.5 Å². The van der Waals surface area contributed by atoms with Crippen LogP contribution in [-0.2, 0) is 0 Å². The van der Waals surface area contributed by atoms with Crippen molar-refractivity contribution < 1.29 is 22.6 Å². The van der Waals surface area contributed by atoms with Gasteiger partial charge in [0.2, 0.25) is 0 Å². The molecule has 6 aromatic carbocycles. The first-order valence-electron chi connectivity index (χ1n) is 15.6. The van der Waals surface area contributed by atoms with Gasteiger partial charge in [-0.2, -0.15) is 0 Å².